The number of nitrogens with one attached hydrogen (secondary N) is 1. The van der Waals surface area contributed by atoms with Crippen molar-refractivity contribution in [3.63, 3.8) is 0 Å². The van der Waals surface area contributed by atoms with Gasteiger partial charge in [0, 0.05) is 59.5 Å². The van der Waals surface area contributed by atoms with Gasteiger partial charge < -0.3 is 24.8 Å². The number of para-hydroxylation sites is 1. The van der Waals surface area contributed by atoms with Gasteiger partial charge in [0.2, 0.25) is 5.91 Å². The molecule has 0 spiro atoms. The molecule has 1 aliphatic rings. The number of amides is 1. The molecule has 63 heavy (non-hydrogen) atoms. The highest BCUT2D eigenvalue weighted by Gasteiger charge is 2.33. The molecule has 342 valence electrons. The number of unbranched alkanes of at least 4 members (excludes halogenated alkanes) is 1. The summed E-state index contributed by atoms with van der Waals surface area (Å²) in [5, 5.41) is 13.2. The number of hydrogen-bond acceptors (Lipinski definition) is 13. The quantitative estimate of drug-likeness (QED) is 0.0253. The molecule has 1 amide bonds. The maximum Gasteiger partial charge on any atom is 0.428 e. The fourth-order valence-corrected chi connectivity index (χ4v) is 8.92. The second kappa shape index (κ2) is 29.9. The molecule has 4 rings (SSSR count). The molecule has 2 unspecified atom stereocenters. The number of nitro groups is 1. The van der Waals surface area contributed by atoms with Crippen LogP contribution in [0.2, 0.25) is 0 Å². The molecule has 0 aliphatic carbocycles. The summed E-state index contributed by atoms with van der Waals surface area (Å²) in [6.45, 7) is 2.50. The van der Waals surface area contributed by atoms with Crippen LogP contribution in [0.3, 0.4) is 0 Å². The van der Waals surface area contributed by atoms with Gasteiger partial charge in [-0.3, -0.25) is 24.0 Å². The fourth-order valence-electron chi connectivity index (χ4n) is 5.36. The molecule has 0 bridgehead atoms. The Morgan fingerprint density at radius 1 is 0.921 bits per heavy atom. The van der Waals surface area contributed by atoms with Crippen LogP contribution in [0.1, 0.15) is 70.9 Å². The summed E-state index contributed by atoms with van der Waals surface area (Å²) in [5.41, 5.74) is 4.53. The van der Waals surface area contributed by atoms with E-state index in [0.717, 1.165) is 44.9 Å². The van der Waals surface area contributed by atoms with E-state index in [-0.39, 0.29) is 35.9 Å². The van der Waals surface area contributed by atoms with Crippen molar-refractivity contribution in [3.05, 3.63) is 148 Å². The highest BCUT2D eigenvalue weighted by atomic mass is 35.9. The minimum atomic E-state index is -3.65. The van der Waals surface area contributed by atoms with Gasteiger partial charge in [-0.2, -0.15) is 4.98 Å². The molecule has 3 aromatic rings. The number of nitrogen functional groups attached to an aromatic ring is 1. The Morgan fingerprint density at radius 3 is 2.11 bits per heavy atom. The van der Waals surface area contributed by atoms with Crippen LogP contribution in [-0.2, 0) is 23.2 Å². The summed E-state index contributed by atoms with van der Waals surface area (Å²) in [4.78, 5) is 38.0. The maximum atomic E-state index is 13.8. The zero-order valence-electron chi connectivity index (χ0n) is 35.0. The number of allylic oxidation sites excluding steroid dienone is 10. The van der Waals surface area contributed by atoms with Crippen molar-refractivity contribution in [3.8, 4) is 11.5 Å². The molecule has 1 fully saturated rings. The summed E-state index contributed by atoms with van der Waals surface area (Å²) in [5.74, 6) is 1.15. The van der Waals surface area contributed by atoms with Crippen molar-refractivity contribution in [1.29, 1.82) is 0 Å². The van der Waals surface area contributed by atoms with Crippen molar-refractivity contribution in [1.82, 2.24) is 14.9 Å². The van der Waals surface area contributed by atoms with Gasteiger partial charge in [-0.25, -0.2) is 13.9 Å². The van der Waals surface area contributed by atoms with E-state index in [4.69, 9.17) is 42.0 Å². The lowest BCUT2D eigenvalue weighted by atomic mass is 10.2. The lowest BCUT2D eigenvalue weighted by Crippen LogP contribution is -2.28. The van der Waals surface area contributed by atoms with E-state index in [1.165, 1.54) is 46.7 Å². The number of carbonyl (C=O) groups is 1. The number of ether oxygens (including phenoxy) is 1. The molecule has 1 aromatic heterocycles. The minimum absolute atomic E-state index is 0.00455. The molecule has 1 saturated heterocycles. The van der Waals surface area contributed by atoms with Crippen molar-refractivity contribution in [2.45, 2.75) is 76.4 Å². The number of hydrogen-bond donors (Lipinski definition) is 2. The van der Waals surface area contributed by atoms with Crippen LogP contribution in [0.5, 0.6) is 11.5 Å². The van der Waals surface area contributed by atoms with Gasteiger partial charge in [-0.05, 0) is 81.7 Å². The highest BCUT2D eigenvalue weighted by Crippen LogP contribution is 2.57. The van der Waals surface area contributed by atoms with Gasteiger partial charge in [0.15, 0.2) is 0 Å². The first kappa shape index (κ1) is 52.9. The third-order valence-corrected chi connectivity index (χ3v) is 12.2. The molecule has 3 N–H and O–H groups in total. The molecule has 0 saturated carbocycles. The molecule has 2 heterocycles. The van der Waals surface area contributed by atoms with E-state index in [9.17, 15) is 28.8 Å². The van der Waals surface area contributed by atoms with E-state index in [0.29, 0.717) is 30.9 Å². The zero-order chi connectivity index (χ0) is 45.8. The zero-order valence-corrected chi connectivity index (χ0v) is 39.1. The third-order valence-electron chi connectivity index (χ3n) is 8.41. The molecule has 1 aliphatic heterocycles. The summed E-state index contributed by atoms with van der Waals surface area (Å²) >= 11 is 11.7. The number of thioether (sulfide) groups is 1. The van der Waals surface area contributed by atoms with E-state index < -0.39 is 35.9 Å². The summed E-state index contributed by atoms with van der Waals surface area (Å²) in [6, 6.07) is 15.3. The molecule has 15 nitrogen and oxygen atoms in total. The van der Waals surface area contributed by atoms with Gasteiger partial charge in [-0.1, -0.05) is 85.9 Å². The molecular weight excluding hydrogens is 911 g/mol. The number of carbonyl (C=O) groups excluding carboxylic acids is 1. The SMILES string of the molecule is CC/C=C\C/C=C\C/C=C\C/C=C\C/C=C\CCCC(=O)NCCCP(=O)(OC[C@@H]1OC(n2ccc(N)nc2=O)CS1)Oc1ccccc1.O=[N+]([O-])c1ccc(OP(=O)(Cl)Cl)cc1. The lowest BCUT2D eigenvalue weighted by Gasteiger charge is -2.21. The Labute approximate surface area is 382 Å². The van der Waals surface area contributed by atoms with Crippen molar-refractivity contribution in [2.75, 3.05) is 30.8 Å². The average molecular weight is 967 g/mol. The number of rotatable bonds is 26. The summed E-state index contributed by atoms with van der Waals surface area (Å²) in [6.07, 6.45) is 26.4. The van der Waals surface area contributed by atoms with Gasteiger partial charge in [-0.15, -0.1) is 11.8 Å². The Morgan fingerprint density at radius 2 is 1.52 bits per heavy atom. The van der Waals surface area contributed by atoms with Crippen molar-refractivity contribution < 1.29 is 37.2 Å². The summed E-state index contributed by atoms with van der Waals surface area (Å²) < 4.78 is 48.1. The first-order valence-electron chi connectivity index (χ1n) is 20.3. The molecule has 2 aromatic carbocycles. The number of nitro benzene ring substituents is 1. The number of non-ortho nitro benzene ring substituents is 1. The van der Waals surface area contributed by atoms with E-state index in [2.05, 4.69) is 82.5 Å². The fraction of sp³-hybridized carbons (Fsp3) is 0.372. The minimum Gasteiger partial charge on any atom is -0.424 e. The predicted molar refractivity (Wildman–Crippen MR) is 254 cm³/mol. The Hall–Kier alpha value is -4.40. The van der Waals surface area contributed by atoms with Gasteiger partial charge >= 0.3 is 19.4 Å². The molecule has 0 radical (unpaired) electrons. The van der Waals surface area contributed by atoms with Crippen LogP contribution in [-0.4, -0.2) is 50.9 Å². The van der Waals surface area contributed by atoms with E-state index >= 15 is 0 Å². The second-order valence-corrected chi connectivity index (χ2v) is 21.0. The largest absolute Gasteiger partial charge is 0.428 e. The lowest BCUT2D eigenvalue weighted by molar-refractivity contribution is -0.384. The second-order valence-electron chi connectivity index (χ2n) is 13.5. The smallest absolute Gasteiger partial charge is 0.424 e. The third kappa shape index (κ3) is 23.7. The van der Waals surface area contributed by atoms with Crippen molar-refractivity contribution >= 4 is 65.3 Å². The standard InChI is InChI=1S/C37H51N4O6PS.C6H4Cl2NO4P/c1-2-3-4-5-6-7-8-9-10-11-12-13-14-15-16-17-21-25-34(42)39-27-22-29-48(44,47-32-23-19-18-20-24-32)45-30-36-46-35(31-49-36)41-28-26-33(38)40-37(41)43;7-14(8,12)13-6-3-1-5(2-4-6)9(10)11/h3-4,6-7,9-10,12-13,15-16,18-20,23-24,26,28,35-36H,2,5,8,11,14,17,21-22,25,27,29-31H2,1H3,(H,39,42)(H2,38,40,43);1-4H/b4-3-,7-6-,10-9-,13-12-,16-15-;/t35?,36-,48?;/m1./s1. The van der Waals surface area contributed by atoms with Gasteiger partial charge in [0.05, 0.1) is 17.7 Å². The number of nitrogens with zero attached hydrogens (tertiary/aromatic N) is 3. The number of benzene rings is 2. The highest BCUT2D eigenvalue weighted by molar-refractivity contribution is 8.05. The monoisotopic (exact) mass is 965 g/mol. The first-order valence-corrected chi connectivity index (χ1v) is 26.5. The van der Waals surface area contributed by atoms with E-state index in [1.807, 2.05) is 6.07 Å². The average Bonchev–Trinajstić information content (AvgIpc) is 3.72. The number of anilines is 1. The van der Waals surface area contributed by atoms with Gasteiger partial charge in [0.25, 0.3) is 5.69 Å². The molecule has 20 heteroatoms. The molecule has 3 atom stereocenters. The van der Waals surface area contributed by atoms with Crippen LogP contribution < -0.4 is 25.8 Å². The number of aromatic nitrogens is 2. The number of halogens is 2. The van der Waals surface area contributed by atoms with Crippen LogP contribution in [0, 0.1) is 10.1 Å². The van der Waals surface area contributed by atoms with Crippen LogP contribution in [0.4, 0.5) is 11.5 Å². The van der Waals surface area contributed by atoms with Crippen molar-refractivity contribution in [2.24, 2.45) is 0 Å². The van der Waals surface area contributed by atoms with E-state index in [1.54, 1.807) is 30.5 Å². The Kier molecular flexibility index (Phi) is 25.1. The number of nitrogens with two attached hydrogens (primary N) is 1. The first-order chi connectivity index (χ1) is 30.3. The topological polar surface area (TPSA) is 204 Å². The molecular formula is C43H55Cl2N5O10P2S. The van der Waals surface area contributed by atoms with Gasteiger partial charge in [0.1, 0.15) is 29.0 Å². The van der Waals surface area contributed by atoms with Crippen LogP contribution in [0.25, 0.3) is 0 Å². The maximum absolute atomic E-state index is 13.8. The Balaban J connectivity index is 0.000000638. The van der Waals surface area contributed by atoms with Crippen LogP contribution >= 0.6 is 47.9 Å². The normalized spacial score (nSPS) is 16.4. The van der Waals surface area contributed by atoms with Crippen LogP contribution in [0.15, 0.2) is 132 Å². The summed E-state index contributed by atoms with van der Waals surface area (Å²) in [7, 11) is -3.58. The Bertz CT molecular complexity index is 2150. The predicted octanol–water partition coefficient (Wildman–Crippen LogP) is 11.7.